The Morgan fingerprint density at radius 2 is 1.88 bits per heavy atom. The molecular formula is C13H10ClN3. The van der Waals surface area contributed by atoms with Crippen LogP contribution in [0.5, 0.6) is 0 Å². The molecule has 17 heavy (non-hydrogen) atoms. The van der Waals surface area contributed by atoms with Gasteiger partial charge in [-0.2, -0.15) is 0 Å². The minimum absolute atomic E-state index is 0.486. The molecule has 4 heteroatoms. The lowest BCUT2D eigenvalue weighted by molar-refractivity contribution is 0.963. The summed E-state index contributed by atoms with van der Waals surface area (Å²) in [5, 5.41) is 0.486. The largest absolute Gasteiger partial charge is 0.346 e. The van der Waals surface area contributed by atoms with Crippen LogP contribution in [-0.2, 0) is 7.05 Å². The number of nitrogens with zero attached hydrogens (tertiary/aromatic N) is 3. The molecule has 0 aliphatic carbocycles. The highest BCUT2D eigenvalue weighted by molar-refractivity contribution is 6.34. The molecule has 84 valence electrons. The first-order chi connectivity index (χ1) is 8.27. The van der Waals surface area contributed by atoms with Gasteiger partial charge in [0.25, 0.3) is 0 Å². The topological polar surface area (TPSA) is 30.7 Å². The van der Waals surface area contributed by atoms with E-state index in [0.717, 1.165) is 22.2 Å². The molecule has 0 saturated heterocycles. The molecule has 2 aromatic heterocycles. The molecular weight excluding hydrogens is 234 g/mol. The molecule has 0 aliphatic rings. The van der Waals surface area contributed by atoms with Gasteiger partial charge in [0.1, 0.15) is 17.4 Å². The zero-order valence-electron chi connectivity index (χ0n) is 9.26. The zero-order valence-corrected chi connectivity index (χ0v) is 10.0. The standard InChI is InChI=1S/C13H10ClN3/c1-17-7-10(9-5-3-2-4-6-9)11-12(17)13(14)16-8-15-11/h2-8H,1H3. The monoisotopic (exact) mass is 243 g/mol. The van der Waals surface area contributed by atoms with E-state index in [9.17, 15) is 0 Å². The Bertz CT molecular complexity index is 674. The summed E-state index contributed by atoms with van der Waals surface area (Å²) in [5.74, 6) is 0. The Morgan fingerprint density at radius 1 is 1.12 bits per heavy atom. The molecule has 3 nitrogen and oxygen atoms in total. The number of fused-ring (bicyclic) bond motifs is 1. The Labute approximate surface area is 104 Å². The minimum Gasteiger partial charge on any atom is -0.346 e. The summed E-state index contributed by atoms with van der Waals surface area (Å²) in [4.78, 5) is 8.33. The maximum atomic E-state index is 6.09. The van der Waals surface area contributed by atoms with Crippen molar-refractivity contribution < 1.29 is 0 Å². The number of rotatable bonds is 1. The van der Waals surface area contributed by atoms with Crippen molar-refractivity contribution >= 4 is 22.6 Å². The summed E-state index contributed by atoms with van der Waals surface area (Å²) < 4.78 is 1.96. The van der Waals surface area contributed by atoms with Crippen LogP contribution in [0.1, 0.15) is 0 Å². The number of benzene rings is 1. The number of hydrogen-bond donors (Lipinski definition) is 0. The molecule has 3 rings (SSSR count). The highest BCUT2D eigenvalue weighted by Gasteiger charge is 2.12. The highest BCUT2D eigenvalue weighted by atomic mass is 35.5. The van der Waals surface area contributed by atoms with E-state index in [4.69, 9.17) is 11.6 Å². The molecule has 0 radical (unpaired) electrons. The molecule has 0 N–H and O–H groups in total. The lowest BCUT2D eigenvalue weighted by Gasteiger charge is -1.98. The fourth-order valence-electron chi connectivity index (χ4n) is 2.02. The van der Waals surface area contributed by atoms with E-state index in [1.54, 1.807) is 0 Å². The first-order valence-corrected chi connectivity index (χ1v) is 5.66. The number of aryl methyl sites for hydroxylation is 1. The average Bonchev–Trinajstić information content (AvgIpc) is 2.69. The molecule has 0 saturated carbocycles. The van der Waals surface area contributed by atoms with Crippen LogP contribution in [0.15, 0.2) is 42.9 Å². The second kappa shape index (κ2) is 3.86. The van der Waals surface area contributed by atoms with E-state index >= 15 is 0 Å². The van der Waals surface area contributed by atoms with Crippen LogP contribution in [0.3, 0.4) is 0 Å². The highest BCUT2D eigenvalue weighted by Crippen LogP contribution is 2.30. The smallest absolute Gasteiger partial charge is 0.156 e. The summed E-state index contributed by atoms with van der Waals surface area (Å²) in [7, 11) is 1.95. The predicted molar refractivity (Wildman–Crippen MR) is 69.0 cm³/mol. The van der Waals surface area contributed by atoms with Gasteiger partial charge in [0.05, 0.1) is 0 Å². The van der Waals surface area contributed by atoms with Crippen LogP contribution in [0, 0.1) is 0 Å². The second-order valence-electron chi connectivity index (χ2n) is 3.88. The third-order valence-electron chi connectivity index (χ3n) is 2.79. The molecule has 0 amide bonds. The number of halogens is 1. The minimum atomic E-state index is 0.486. The molecule has 0 fully saturated rings. The van der Waals surface area contributed by atoms with Crippen molar-refractivity contribution in [2.45, 2.75) is 0 Å². The Balaban J connectivity index is 2.36. The summed E-state index contributed by atoms with van der Waals surface area (Å²) in [6, 6.07) is 10.1. The van der Waals surface area contributed by atoms with E-state index in [1.807, 2.05) is 36.0 Å². The lowest BCUT2D eigenvalue weighted by atomic mass is 10.1. The molecule has 2 heterocycles. The van der Waals surface area contributed by atoms with Crippen molar-refractivity contribution in [3.63, 3.8) is 0 Å². The molecule has 0 unspecified atom stereocenters. The van der Waals surface area contributed by atoms with Crippen molar-refractivity contribution in [1.29, 1.82) is 0 Å². The van der Waals surface area contributed by atoms with Crippen molar-refractivity contribution in [2.75, 3.05) is 0 Å². The Hall–Kier alpha value is -1.87. The van der Waals surface area contributed by atoms with Crippen LogP contribution < -0.4 is 0 Å². The number of hydrogen-bond acceptors (Lipinski definition) is 2. The zero-order chi connectivity index (χ0) is 11.8. The lowest BCUT2D eigenvalue weighted by Crippen LogP contribution is -1.88. The van der Waals surface area contributed by atoms with Gasteiger partial charge in [0.2, 0.25) is 0 Å². The van der Waals surface area contributed by atoms with Crippen molar-refractivity contribution in [1.82, 2.24) is 14.5 Å². The van der Waals surface area contributed by atoms with E-state index < -0.39 is 0 Å². The molecule has 0 bridgehead atoms. The van der Waals surface area contributed by atoms with Crippen LogP contribution in [0.25, 0.3) is 22.2 Å². The Kier molecular flexibility index (Phi) is 2.34. The summed E-state index contributed by atoms with van der Waals surface area (Å²) in [6.07, 6.45) is 3.53. The van der Waals surface area contributed by atoms with Gasteiger partial charge in [-0.3, -0.25) is 0 Å². The summed E-state index contributed by atoms with van der Waals surface area (Å²) >= 11 is 6.09. The maximum Gasteiger partial charge on any atom is 0.156 e. The number of aromatic nitrogens is 3. The first-order valence-electron chi connectivity index (χ1n) is 5.28. The van der Waals surface area contributed by atoms with Crippen LogP contribution in [0.4, 0.5) is 0 Å². The third-order valence-corrected chi connectivity index (χ3v) is 3.07. The van der Waals surface area contributed by atoms with Crippen molar-refractivity contribution in [2.24, 2.45) is 7.05 Å². The molecule has 0 atom stereocenters. The predicted octanol–water partition coefficient (Wildman–Crippen LogP) is 3.29. The van der Waals surface area contributed by atoms with Gasteiger partial charge in [0, 0.05) is 18.8 Å². The van der Waals surface area contributed by atoms with Gasteiger partial charge in [-0.05, 0) is 5.56 Å². The van der Waals surface area contributed by atoms with E-state index in [2.05, 4.69) is 22.1 Å². The summed E-state index contributed by atoms with van der Waals surface area (Å²) in [5.41, 5.74) is 3.96. The van der Waals surface area contributed by atoms with Gasteiger partial charge in [-0.1, -0.05) is 41.9 Å². The molecule has 0 aliphatic heterocycles. The van der Waals surface area contributed by atoms with Gasteiger partial charge in [-0.15, -0.1) is 0 Å². The van der Waals surface area contributed by atoms with Crippen LogP contribution in [-0.4, -0.2) is 14.5 Å². The van der Waals surface area contributed by atoms with E-state index in [1.165, 1.54) is 6.33 Å². The second-order valence-corrected chi connectivity index (χ2v) is 4.24. The fraction of sp³-hybridized carbons (Fsp3) is 0.0769. The van der Waals surface area contributed by atoms with Crippen molar-refractivity contribution in [3.05, 3.63) is 48.0 Å². The van der Waals surface area contributed by atoms with Gasteiger partial charge >= 0.3 is 0 Å². The fourth-order valence-corrected chi connectivity index (χ4v) is 2.28. The molecule has 0 spiro atoms. The first kappa shape index (κ1) is 10.3. The molecule has 3 aromatic rings. The average molecular weight is 244 g/mol. The quantitative estimate of drug-likeness (QED) is 0.614. The maximum absolute atomic E-state index is 6.09. The van der Waals surface area contributed by atoms with Crippen LogP contribution in [0.2, 0.25) is 5.15 Å². The Morgan fingerprint density at radius 3 is 2.65 bits per heavy atom. The van der Waals surface area contributed by atoms with Gasteiger partial charge < -0.3 is 4.57 Å². The SMILES string of the molecule is Cn1cc(-c2ccccc2)c2ncnc(Cl)c21. The van der Waals surface area contributed by atoms with Crippen LogP contribution >= 0.6 is 11.6 Å². The van der Waals surface area contributed by atoms with Gasteiger partial charge in [-0.25, -0.2) is 9.97 Å². The van der Waals surface area contributed by atoms with Gasteiger partial charge in [0.15, 0.2) is 5.15 Å². The van der Waals surface area contributed by atoms with E-state index in [-0.39, 0.29) is 0 Å². The van der Waals surface area contributed by atoms with E-state index in [0.29, 0.717) is 5.15 Å². The normalized spacial score (nSPS) is 10.9. The molecule has 1 aromatic carbocycles. The third kappa shape index (κ3) is 1.59. The van der Waals surface area contributed by atoms with Crippen molar-refractivity contribution in [3.8, 4) is 11.1 Å². The summed E-state index contributed by atoms with van der Waals surface area (Å²) in [6.45, 7) is 0.